The van der Waals surface area contributed by atoms with E-state index < -0.39 is 5.97 Å². The van der Waals surface area contributed by atoms with Crippen LogP contribution in [0.3, 0.4) is 0 Å². The summed E-state index contributed by atoms with van der Waals surface area (Å²) in [5.74, 6) is -0.139. The van der Waals surface area contributed by atoms with Crippen LogP contribution in [0.5, 0.6) is 11.5 Å². The maximum Gasteiger partial charge on any atom is 0.339 e. The van der Waals surface area contributed by atoms with Gasteiger partial charge < -0.3 is 14.6 Å². The van der Waals surface area contributed by atoms with Crippen LogP contribution >= 0.6 is 0 Å². The highest BCUT2D eigenvalue weighted by Gasteiger charge is 2.21. The van der Waals surface area contributed by atoms with Gasteiger partial charge in [0, 0.05) is 0 Å². The van der Waals surface area contributed by atoms with Gasteiger partial charge in [0.2, 0.25) is 0 Å². The third-order valence-corrected chi connectivity index (χ3v) is 3.27. The summed E-state index contributed by atoms with van der Waals surface area (Å²) >= 11 is 0. The highest BCUT2D eigenvalue weighted by Crippen LogP contribution is 2.34. The molecule has 0 aromatic heterocycles. The lowest BCUT2D eigenvalue weighted by molar-refractivity contribution is 0.0684. The molecule has 4 nitrogen and oxygen atoms in total. The molecule has 0 aliphatic heterocycles. The minimum Gasteiger partial charge on any atom is -0.493 e. The number of hydrogen-bond acceptors (Lipinski definition) is 3. The van der Waals surface area contributed by atoms with E-state index in [0.29, 0.717) is 11.5 Å². The van der Waals surface area contributed by atoms with E-state index in [1.165, 1.54) is 13.5 Å². The Morgan fingerprint density at radius 1 is 1.28 bits per heavy atom. The molecule has 18 heavy (non-hydrogen) atoms. The lowest BCUT2D eigenvalue weighted by Gasteiger charge is -2.24. The topological polar surface area (TPSA) is 55.8 Å². The van der Waals surface area contributed by atoms with Crippen LogP contribution in [-0.2, 0) is 0 Å². The molecule has 0 radical (unpaired) electrons. The summed E-state index contributed by atoms with van der Waals surface area (Å²) in [6.07, 6.45) is 5.59. The number of benzene rings is 1. The fourth-order valence-electron chi connectivity index (χ4n) is 2.32. The molecule has 1 saturated carbocycles. The Labute approximate surface area is 107 Å². The summed E-state index contributed by atoms with van der Waals surface area (Å²) in [5.41, 5.74) is 0.167. The number of ether oxygens (including phenoxy) is 2. The van der Waals surface area contributed by atoms with Gasteiger partial charge in [0.1, 0.15) is 5.56 Å². The molecule has 0 heterocycles. The average molecular weight is 250 g/mol. The second-order valence-corrected chi connectivity index (χ2v) is 4.52. The third-order valence-electron chi connectivity index (χ3n) is 3.27. The molecule has 0 bridgehead atoms. The number of aromatic carboxylic acids is 1. The normalized spacial score (nSPS) is 16.3. The number of rotatable bonds is 4. The van der Waals surface area contributed by atoms with Crippen molar-refractivity contribution in [1.82, 2.24) is 0 Å². The molecule has 0 atom stereocenters. The Morgan fingerprint density at radius 3 is 2.61 bits per heavy atom. The van der Waals surface area contributed by atoms with Crippen LogP contribution in [-0.4, -0.2) is 24.3 Å². The van der Waals surface area contributed by atoms with E-state index in [0.717, 1.165) is 25.7 Å². The molecule has 1 aromatic carbocycles. The van der Waals surface area contributed by atoms with E-state index in [4.69, 9.17) is 9.47 Å². The van der Waals surface area contributed by atoms with Crippen LogP contribution in [0.1, 0.15) is 42.5 Å². The Balaban J connectivity index is 2.25. The first-order chi connectivity index (χ1) is 8.72. The molecule has 1 aliphatic rings. The first kappa shape index (κ1) is 12.7. The van der Waals surface area contributed by atoms with Gasteiger partial charge in [-0.3, -0.25) is 0 Å². The minimum absolute atomic E-state index is 0.105. The van der Waals surface area contributed by atoms with E-state index in [-0.39, 0.29) is 11.7 Å². The predicted molar refractivity (Wildman–Crippen MR) is 67.5 cm³/mol. The summed E-state index contributed by atoms with van der Waals surface area (Å²) in [6, 6.07) is 4.93. The molecule has 0 amide bonds. The Bertz CT molecular complexity index is 422. The van der Waals surface area contributed by atoms with Crippen LogP contribution in [0, 0.1) is 0 Å². The molecule has 0 spiro atoms. The molecule has 1 N–H and O–H groups in total. The van der Waals surface area contributed by atoms with E-state index in [1.54, 1.807) is 18.2 Å². The van der Waals surface area contributed by atoms with Gasteiger partial charge in [-0.25, -0.2) is 4.79 Å². The second-order valence-electron chi connectivity index (χ2n) is 4.52. The van der Waals surface area contributed by atoms with E-state index in [1.807, 2.05) is 0 Å². The molecule has 1 fully saturated rings. The monoisotopic (exact) mass is 250 g/mol. The fraction of sp³-hybridized carbons (Fsp3) is 0.500. The van der Waals surface area contributed by atoms with Crippen molar-refractivity contribution in [2.24, 2.45) is 0 Å². The maximum absolute atomic E-state index is 11.2. The maximum atomic E-state index is 11.2. The Morgan fingerprint density at radius 2 is 2.00 bits per heavy atom. The molecule has 2 rings (SSSR count). The first-order valence-electron chi connectivity index (χ1n) is 6.29. The summed E-state index contributed by atoms with van der Waals surface area (Å²) < 4.78 is 11.1. The van der Waals surface area contributed by atoms with Gasteiger partial charge in [-0.05, 0) is 37.8 Å². The van der Waals surface area contributed by atoms with Gasteiger partial charge in [-0.15, -0.1) is 0 Å². The number of hydrogen-bond donors (Lipinski definition) is 1. The number of carboxylic acids is 1. The van der Waals surface area contributed by atoms with Crippen LogP contribution in [0.25, 0.3) is 0 Å². The summed E-state index contributed by atoms with van der Waals surface area (Å²) in [6.45, 7) is 0. The van der Waals surface area contributed by atoms with Crippen molar-refractivity contribution in [1.29, 1.82) is 0 Å². The predicted octanol–water partition coefficient (Wildman–Crippen LogP) is 3.10. The van der Waals surface area contributed by atoms with Crippen molar-refractivity contribution >= 4 is 5.97 Å². The zero-order chi connectivity index (χ0) is 13.0. The molecule has 98 valence electrons. The minimum atomic E-state index is -0.986. The zero-order valence-electron chi connectivity index (χ0n) is 10.5. The quantitative estimate of drug-likeness (QED) is 0.892. The van der Waals surface area contributed by atoms with Gasteiger partial charge in [0.15, 0.2) is 11.5 Å². The SMILES string of the molecule is COc1cccc(C(=O)O)c1OC1CCCCC1. The van der Waals surface area contributed by atoms with Crippen molar-refractivity contribution in [3.05, 3.63) is 23.8 Å². The van der Waals surface area contributed by atoms with E-state index >= 15 is 0 Å². The molecule has 1 aromatic rings. The van der Waals surface area contributed by atoms with Gasteiger partial charge >= 0.3 is 5.97 Å². The zero-order valence-corrected chi connectivity index (χ0v) is 10.5. The van der Waals surface area contributed by atoms with Crippen molar-refractivity contribution in [2.45, 2.75) is 38.2 Å². The number of carbonyl (C=O) groups is 1. The molecular formula is C14H18O4. The lowest BCUT2D eigenvalue weighted by atomic mass is 9.97. The molecule has 4 heteroatoms. The van der Waals surface area contributed by atoms with E-state index in [2.05, 4.69) is 0 Å². The van der Waals surface area contributed by atoms with Crippen LogP contribution < -0.4 is 9.47 Å². The van der Waals surface area contributed by atoms with Crippen LogP contribution in [0.15, 0.2) is 18.2 Å². The molecule has 0 unspecified atom stereocenters. The van der Waals surface area contributed by atoms with Crippen molar-refractivity contribution in [3.8, 4) is 11.5 Å². The number of methoxy groups -OCH3 is 1. The van der Waals surface area contributed by atoms with Crippen molar-refractivity contribution < 1.29 is 19.4 Å². The first-order valence-corrected chi connectivity index (χ1v) is 6.29. The van der Waals surface area contributed by atoms with Gasteiger partial charge in [-0.1, -0.05) is 12.5 Å². The summed E-state index contributed by atoms with van der Waals surface area (Å²) in [5, 5.41) is 9.18. The Kier molecular flexibility index (Phi) is 4.07. The molecular weight excluding hydrogens is 232 g/mol. The highest BCUT2D eigenvalue weighted by molar-refractivity contribution is 5.92. The Hall–Kier alpha value is -1.71. The van der Waals surface area contributed by atoms with Crippen LogP contribution in [0.2, 0.25) is 0 Å². The molecule has 0 saturated heterocycles. The molecule has 1 aliphatic carbocycles. The summed E-state index contributed by atoms with van der Waals surface area (Å²) in [7, 11) is 1.52. The number of para-hydroxylation sites is 1. The standard InChI is InChI=1S/C14H18O4/c1-17-12-9-5-8-11(14(15)16)13(12)18-10-6-3-2-4-7-10/h5,8-10H,2-4,6-7H2,1H3,(H,15,16). The van der Waals surface area contributed by atoms with Gasteiger partial charge in [0.05, 0.1) is 13.2 Å². The van der Waals surface area contributed by atoms with Crippen molar-refractivity contribution in [3.63, 3.8) is 0 Å². The fourth-order valence-corrected chi connectivity index (χ4v) is 2.32. The van der Waals surface area contributed by atoms with E-state index in [9.17, 15) is 9.90 Å². The second kappa shape index (κ2) is 5.76. The smallest absolute Gasteiger partial charge is 0.339 e. The number of carboxylic acid groups (broad SMARTS) is 1. The average Bonchev–Trinajstić information content (AvgIpc) is 2.40. The van der Waals surface area contributed by atoms with Gasteiger partial charge in [0.25, 0.3) is 0 Å². The highest BCUT2D eigenvalue weighted by atomic mass is 16.5. The largest absolute Gasteiger partial charge is 0.493 e. The lowest BCUT2D eigenvalue weighted by Crippen LogP contribution is -2.21. The van der Waals surface area contributed by atoms with Crippen molar-refractivity contribution in [2.75, 3.05) is 7.11 Å². The van der Waals surface area contributed by atoms with Gasteiger partial charge in [-0.2, -0.15) is 0 Å². The summed E-state index contributed by atoms with van der Waals surface area (Å²) in [4.78, 5) is 11.2. The third kappa shape index (κ3) is 2.75. The van der Waals surface area contributed by atoms with Crippen LogP contribution in [0.4, 0.5) is 0 Å².